The van der Waals surface area contributed by atoms with E-state index in [9.17, 15) is 0 Å². The van der Waals surface area contributed by atoms with Crippen LogP contribution in [0.15, 0.2) is 11.6 Å². The Morgan fingerprint density at radius 1 is 1.23 bits per heavy atom. The molecule has 76 valence electrons. The summed E-state index contributed by atoms with van der Waals surface area (Å²) in [6, 6.07) is 0. The van der Waals surface area contributed by atoms with E-state index in [2.05, 4.69) is 35.9 Å². The number of hydrogen-bond acceptors (Lipinski definition) is 2. The number of alkyl halides is 1. The first-order valence-electron chi connectivity index (χ1n) is 3.57. The van der Waals surface area contributed by atoms with Gasteiger partial charge in [-0.15, -0.1) is 0 Å². The molecule has 4 nitrogen and oxygen atoms in total. The van der Waals surface area contributed by atoms with E-state index in [1.807, 2.05) is 0 Å². The zero-order chi connectivity index (χ0) is 10.9. The number of rotatable bonds is 2. The zero-order valence-electron chi connectivity index (χ0n) is 7.58. The van der Waals surface area contributed by atoms with Gasteiger partial charge in [0.05, 0.1) is 0 Å². The molecule has 0 bridgehead atoms. The van der Waals surface area contributed by atoms with Gasteiger partial charge in [-0.1, -0.05) is 27.6 Å². The van der Waals surface area contributed by atoms with E-state index in [1.165, 1.54) is 5.57 Å². The molecule has 0 aromatic carbocycles. The smallest absolute Gasteiger partial charge is 0.414 e. The predicted molar refractivity (Wildman–Crippen MR) is 53.1 cm³/mol. The lowest BCUT2D eigenvalue weighted by Gasteiger charge is -1.84. The molecule has 0 aromatic rings. The minimum Gasteiger partial charge on any atom is -0.473 e. The third-order valence-electron chi connectivity index (χ3n) is 0.845. The summed E-state index contributed by atoms with van der Waals surface area (Å²) in [6.07, 6.45) is 3.37. The Morgan fingerprint density at radius 3 is 1.69 bits per heavy atom. The van der Waals surface area contributed by atoms with Crippen LogP contribution in [0, 0.1) is 0 Å². The summed E-state index contributed by atoms with van der Waals surface area (Å²) in [5, 5.41) is 15.9. The van der Waals surface area contributed by atoms with Gasteiger partial charge >= 0.3 is 11.9 Å². The van der Waals surface area contributed by atoms with Crippen molar-refractivity contribution in [1.82, 2.24) is 0 Å². The quantitative estimate of drug-likeness (QED) is 0.447. The normalized spacial score (nSPS) is 7.92. The molecule has 0 aliphatic heterocycles. The van der Waals surface area contributed by atoms with E-state index in [1.54, 1.807) is 0 Å². The second-order valence-corrected chi connectivity index (χ2v) is 3.16. The van der Waals surface area contributed by atoms with Crippen LogP contribution in [0.4, 0.5) is 0 Å². The van der Waals surface area contributed by atoms with Crippen LogP contribution in [0.5, 0.6) is 0 Å². The van der Waals surface area contributed by atoms with Gasteiger partial charge in [0.25, 0.3) is 0 Å². The summed E-state index contributed by atoms with van der Waals surface area (Å²) in [6.45, 7) is 4.23. The van der Waals surface area contributed by atoms with Crippen molar-refractivity contribution in [3.8, 4) is 0 Å². The van der Waals surface area contributed by atoms with Crippen LogP contribution in [0.1, 0.15) is 20.3 Å². The van der Waals surface area contributed by atoms with Crippen molar-refractivity contribution >= 4 is 27.9 Å². The number of carbonyl (C=O) groups is 2. The Morgan fingerprint density at radius 2 is 1.62 bits per heavy atom. The highest BCUT2D eigenvalue weighted by molar-refractivity contribution is 9.09. The Kier molecular flexibility index (Phi) is 10.4. The number of halogens is 1. The molecule has 0 rings (SSSR count). The second kappa shape index (κ2) is 9.25. The van der Waals surface area contributed by atoms with Gasteiger partial charge in [-0.05, 0) is 20.3 Å². The van der Waals surface area contributed by atoms with Crippen LogP contribution in [0.3, 0.4) is 0 Å². The third-order valence-corrected chi connectivity index (χ3v) is 1.30. The molecule has 0 amide bonds. The molecule has 0 aliphatic rings. The SMILES string of the molecule is CC(C)=CCCBr.O=C(O)C(=O)O. The fraction of sp³-hybridized carbons (Fsp3) is 0.500. The van der Waals surface area contributed by atoms with Gasteiger partial charge < -0.3 is 10.2 Å². The summed E-state index contributed by atoms with van der Waals surface area (Å²) in [7, 11) is 0. The zero-order valence-corrected chi connectivity index (χ0v) is 9.17. The number of hydrogen-bond donors (Lipinski definition) is 2. The first kappa shape index (κ1) is 14.7. The van der Waals surface area contributed by atoms with E-state index in [4.69, 9.17) is 19.8 Å². The molecule has 0 aliphatic carbocycles. The lowest BCUT2D eigenvalue weighted by atomic mass is 10.3. The van der Waals surface area contributed by atoms with E-state index >= 15 is 0 Å². The molecule has 0 saturated heterocycles. The highest BCUT2D eigenvalue weighted by Crippen LogP contribution is 1.94. The maximum atomic E-state index is 9.10. The standard InChI is InChI=1S/C6H11Br.C2H2O4/c1-6(2)4-3-5-7;3-1(4)2(5)6/h4H,3,5H2,1-2H3;(H,3,4)(H,5,6). The molecule has 0 aromatic heterocycles. The van der Waals surface area contributed by atoms with Crippen molar-refractivity contribution in [3.63, 3.8) is 0 Å². The monoisotopic (exact) mass is 252 g/mol. The molecule has 0 radical (unpaired) electrons. The molecule has 0 atom stereocenters. The molecule has 0 fully saturated rings. The molecule has 0 unspecified atom stereocenters. The Labute approximate surface area is 85.4 Å². The highest BCUT2D eigenvalue weighted by atomic mass is 79.9. The first-order valence-corrected chi connectivity index (χ1v) is 4.69. The summed E-state index contributed by atoms with van der Waals surface area (Å²) in [5.74, 6) is -3.65. The van der Waals surface area contributed by atoms with E-state index in [0.717, 1.165) is 11.8 Å². The van der Waals surface area contributed by atoms with Crippen LogP contribution in [0.25, 0.3) is 0 Å². The van der Waals surface area contributed by atoms with Gasteiger partial charge in [0.2, 0.25) is 0 Å². The van der Waals surface area contributed by atoms with Gasteiger partial charge in [-0.3, -0.25) is 0 Å². The fourth-order valence-electron chi connectivity index (χ4n) is 0.343. The maximum Gasteiger partial charge on any atom is 0.414 e. The molecule has 0 saturated carbocycles. The lowest BCUT2D eigenvalue weighted by Crippen LogP contribution is -2.09. The molecule has 0 spiro atoms. The Hall–Kier alpha value is -0.840. The molecular formula is C8H13BrO4. The van der Waals surface area contributed by atoms with E-state index < -0.39 is 11.9 Å². The molecule has 2 N–H and O–H groups in total. The summed E-state index contributed by atoms with van der Waals surface area (Å²) < 4.78 is 0. The maximum absolute atomic E-state index is 9.10. The fourth-order valence-corrected chi connectivity index (χ4v) is 0.572. The summed E-state index contributed by atoms with van der Waals surface area (Å²) >= 11 is 3.33. The van der Waals surface area contributed by atoms with E-state index in [-0.39, 0.29) is 0 Å². The molecule has 0 heterocycles. The van der Waals surface area contributed by atoms with Crippen LogP contribution in [0.2, 0.25) is 0 Å². The molecule has 5 heteroatoms. The van der Waals surface area contributed by atoms with Crippen molar-refractivity contribution in [3.05, 3.63) is 11.6 Å². The number of carboxylic acid groups (broad SMARTS) is 2. The second-order valence-electron chi connectivity index (χ2n) is 2.37. The van der Waals surface area contributed by atoms with Crippen LogP contribution < -0.4 is 0 Å². The topological polar surface area (TPSA) is 74.6 Å². The average molecular weight is 253 g/mol. The number of aliphatic carboxylic acids is 2. The van der Waals surface area contributed by atoms with Crippen LogP contribution in [-0.4, -0.2) is 27.5 Å². The van der Waals surface area contributed by atoms with E-state index in [0.29, 0.717) is 0 Å². The molecule has 13 heavy (non-hydrogen) atoms. The minimum absolute atomic E-state index is 1.08. The number of allylic oxidation sites excluding steroid dienone is 2. The predicted octanol–water partition coefficient (Wildman–Crippen LogP) is 1.89. The number of carboxylic acids is 2. The Bertz CT molecular complexity index is 182. The average Bonchev–Trinajstić information content (AvgIpc) is 2.01. The van der Waals surface area contributed by atoms with Crippen LogP contribution >= 0.6 is 15.9 Å². The van der Waals surface area contributed by atoms with Crippen molar-refractivity contribution in [2.45, 2.75) is 20.3 Å². The Balaban J connectivity index is 0. The lowest BCUT2D eigenvalue weighted by molar-refractivity contribution is -0.159. The first-order chi connectivity index (χ1) is 5.91. The van der Waals surface area contributed by atoms with Crippen molar-refractivity contribution in [2.24, 2.45) is 0 Å². The van der Waals surface area contributed by atoms with Crippen molar-refractivity contribution in [1.29, 1.82) is 0 Å². The molecular weight excluding hydrogens is 240 g/mol. The van der Waals surface area contributed by atoms with Crippen molar-refractivity contribution < 1.29 is 19.8 Å². The van der Waals surface area contributed by atoms with Gasteiger partial charge in [0, 0.05) is 5.33 Å². The third kappa shape index (κ3) is 18.3. The van der Waals surface area contributed by atoms with Gasteiger partial charge in [0.15, 0.2) is 0 Å². The minimum atomic E-state index is -1.82. The summed E-state index contributed by atoms with van der Waals surface area (Å²) in [4.78, 5) is 18.2. The van der Waals surface area contributed by atoms with Gasteiger partial charge in [-0.2, -0.15) is 0 Å². The highest BCUT2D eigenvalue weighted by Gasteiger charge is 2.04. The van der Waals surface area contributed by atoms with Crippen LogP contribution in [-0.2, 0) is 9.59 Å². The van der Waals surface area contributed by atoms with Gasteiger partial charge in [-0.25, -0.2) is 9.59 Å². The largest absolute Gasteiger partial charge is 0.473 e. The summed E-state index contributed by atoms with van der Waals surface area (Å²) in [5.41, 5.74) is 1.40. The van der Waals surface area contributed by atoms with Crippen molar-refractivity contribution in [2.75, 3.05) is 5.33 Å². The van der Waals surface area contributed by atoms with Gasteiger partial charge in [0.1, 0.15) is 0 Å².